The molecule has 3 rings (SSSR count). The van der Waals surface area contributed by atoms with Gasteiger partial charge in [0.05, 0.1) is 0 Å². The fraction of sp³-hybridized carbons (Fsp3) is 0.625. The van der Waals surface area contributed by atoms with Crippen molar-refractivity contribution < 1.29 is 0 Å². The maximum Gasteiger partial charge on any atom is 0.0462 e. The number of nitrogens with two attached hydrogens (primary N) is 1. The summed E-state index contributed by atoms with van der Waals surface area (Å²) >= 11 is 0. The van der Waals surface area contributed by atoms with Crippen molar-refractivity contribution in [2.75, 3.05) is 0 Å². The van der Waals surface area contributed by atoms with Crippen molar-refractivity contribution in [2.24, 2.45) is 11.8 Å². The van der Waals surface area contributed by atoms with Crippen LogP contribution in [0.3, 0.4) is 0 Å². The Morgan fingerprint density at radius 1 is 1.17 bits per heavy atom. The molecule has 0 saturated heterocycles. The molecule has 0 bridgehead atoms. The Hall–Kier alpha value is -0.860. The molecule has 1 aromatic rings. The SMILES string of the molecule is NNC(CC1CCC1)c1cccc(C2CCC2)c1. The third-order valence-corrected chi connectivity index (χ3v) is 4.88. The van der Waals surface area contributed by atoms with Crippen molar-refractivity contribution in [3.8, 4) is 0 Å². The molecule has 98 valence electrons. The quantitative estimate of drug-likeness (QED) is 0.613. The van der Waals surface area contributed by atoms with Gasteiger partial charge in [0.15, 0.2) is 0 Å². The minimum Gasteiger partial charge on any atom is -0.271 e. The maximum atomic E-state index is 5.75. The monoisotopic (exact) mass is 244 g/mol. The lowest BCUT2D eigenvalue weighted by Gasteiger charge is -2.31. The molecule has 0 amide bonds. The van der Waals surface area contributed by atoms with E-state index in [0.29, 0.717) is 6.04 Å². The second-order valence-electron chi connectivity index (χ2n) is 6.05. The van der Waals surface area contributed by atoms with Crippen molar-refractivity contribution in [3.63, 3.8) is 0 Å². The molecule has 0 heterocycles. The number of nitrogens with one attached hydrogen (secondary N) is 1. The Labute approximate surface area is 110 Å². The first-order valence-corrected chi connectivity index (χ1v) is 7.43. The second-order valence-corrected chi connectivity index (χ2v) is 6.05. The fourth-order valence-corrected chi connectivity index (χ4v) is 3.13. The summed E-state index contributed by atoms with van der Waals surface area (Å²) < 4.78 is 0. The van der Waals surface area contributed by atoms with Crippen molar-refractivity contribution >= 4 is 0 Å². The van der Waals surface area contributed by atoms with Crippen molar-refractivity contribution in [3.05, 3.63) is 35.4 Å². The van der Waals surface area contributed by atoms with Crippen LogP contribution < -0.4 is 11.3 Å². The molecular formula is C16H24N2. The number of hydrogen-bond donors (Lipinski definition) is 2. The van der Waals surface area contributed by atoms with Gasteiger partial charge < -0.3 is 0 Å². The first kappa shape index (κ1) is 12.2. The molecule has 2 heteroatoms. The summed E-state index contributed by atoms with van der Waals surface area (Å²) in [5.74, 6) is 7.45. The zero-order chi connectivity index (χ0) is 12.4. The number of hydrazine groups is 1. The lowest BCUT2D eigenvalue weighted by molar-refractivity contribution is 0.262. The molecule has 1 unspecified atom stereocenters. The number of benzene rings is 1. The van der Waals surface area contributed by atoms with Gasteiger partial charge >= 0.3 is 0 Å². The predicted octanol–water partition coefficient (Wildman–Crippen LogP) is 3.65. The van der Waals surface area contributed by atoms with Gasteiger partial charge in [-0.2, -0.15) is 0 Å². The first-order valence-electron chi connectivity index (χ1n) is 7.43. The molecule has 2 aliphatic rings. The molecule has 0 spiro atoms. The van der Waals surface area contributed by atoms with Crippen LogP contribution in [0.25, 0.3) is 0 Å². The molecule has 2 fully saturated rings. The summed E-state index contributed by atoms with van der Waals surface area (Å²) in [7, 11) is 0. The highest BCUT2D eigenvalue weighted by Gasteiger charge is 2.24. The van der Waals surface area contributed by atoms with Gasteiger partial charge in [-0.25, -0.2) is 0 Å². The van der Waals surface area contributed by atoms with Gasteiger partial charge in [-0.3, -0.25) is 11.3 Å². The van der Waals surface area contributed by atoms with Crippen LogP contribution in [-0.4, -0.2) is 0 Å². The van der Waals surface area contributed by atoms with Gasteiger partial charge in [-0.15, -0.1) is 0 Å². The largest absolute Gasteiger partial charge is 0.271 e. The van der Waals surface area contributed by atoms with E-state index in [9.17, 15) is 0 Å². The minimum absolute atomic E-state index is 0.343. The van der Waals surface area contributed by atoms with Crippen molar-refractivity contribution in [1.29, 1.82) is 0 Å². The van der Waals surface area contributed by atoms with Crippen LogP contribution in [0, 0.1) is 5.92 Å². The van der Waals surface area contributed by atoms with Crippen LogP contribution in [0.1, 0.15) is 68.0 Å². The van der Waals surface area contributed by atoms with Gasteiger partial charge in [-0.05, 0) is 42.2 Å². The van der Waals surface area contributed by atoms with E-state index >= 15 is 0 Å². The van der Waals surface area contributed by atoms with Crippen LogP contribution in [-0.2, 0) is 0 Å². The van der Waals surface area contributed by atoms with Gasteiger partial charge in [-0.1, -0.05) is 49.9 Å². The second kappa shape index (κ2) is 5.41. The van der Waals surface area contributed by atoms with E-state index in [1.807, 2.05) is 0 Å². The molecule has 0 aromatic heterocycles. The summed E-state index contributed by atoms with van der Waals surface area (Å²) in [5, 5.41) is 0. The lowest BCUT2D eigenvalue weighted by atomic mass is 9.77. The van der Waals surface area contributed by atoms with Crippen LogP contribution in [0.15, 0.2) is 24.3 Å². The Morgan fingerprint density at radius 3 is 2.50 bits per heavy atom. The molecule has 0 aliphatic heterocycles. The highest BCUT2D eigenvalue weighted by Crippen LogP contribution is 2.38. The molecule has 3 N–H and O–H groups in total. The molecule has 2 nitrogen and oxygen atoms in total. The van der Waals surface area contributed by atoms with E-state index in [4.69, 9.17) is 5.84 Å². The molecule has 2 aliphatic carbocycles. The van der Waals surface area contributed by atoms with Crippen LogP contribution in [0.4, 0.5) is 0 Å². The normalized spacial score (nSPS) is 22.3. The summed E-state index contributed by atoms with van der Waals surface area (Å²) in [6.45, 7) is 0. The summed E-state index contributed by atoms with van der Waals surface area (Å²) in [4.78, 5) is 0. The molecule has 2 saturated carbocycles. The smallest absolute Gasteiger partial charge is 0.0462 e. The molecule has 0 radical (unpaired) electrons. The van der Waals surface area contributed by atoms with E-state index in [1.165, 1.54) is 56.1 Å². The average Bonchev–Trinajstić information content (AvgIpc) is 2.26. The zero-order valence-electron chi connectivity index (χ0n) is 11.1. The van der Waals surface area contributed by atoms with Gasteiger partial charge in [0.2, 0.25) is 0 Å². The Morgan fingerprint density at radius 2 is 1.94 bits per heavy atom. The molecule has 1 aromatic carbocycles. The third-order valence-electron chi connectivity index (χ3n) is 4.88. The van der Waals surface area contributed by atoms with Gasteiger partial charge in [0.1, 0.15) is 0 Å². The van der Waals surface area contributed by atoms with Gasteiger partial charge in [0.25, 0.3) is 0 Å². The fourth-order valence-electron chi connectivity index (χ4n) is 3.13. The summed E-state index contributed by atoms with van der Waals surface area (Å²) in [5.41, 5.74) is 5.92. The summed E-state index contributed by atoms with van der Waals surface area (Å²) in [6, 6.07) is 9.44. The maximum absolute atomic E-state index is 5.75. The zero-order valence-corrected chi connectivity index (χ0v) is 11.1. The Bertz CT molecular complexity index is 394. The van der Waals surface area contributed by atoms with Crippen LogP contribution in [0.2, 0.25) is 0 Å². The molecule has 1 atom stereocenters. The standard InChI is InChI=1S/C16H24N2/c17-18-16(10-12-4-1-5-12)15-9-3-8-14(11-15)13-6-2-7-13/h3,8-9,11-13,16,18H,1-2,4-7,10,17H2. The van der Waals surface area contributed by atoms with Crippen molar-refractivity contribution in [2.45, 2.75) is 56.9 Å². The number of rotatable bonds is 5. The molecular weight excluding hydrogens is 220 g/mol. The van der Waals surface area contributed by atoms with Crippen LogP contribution in [0.5, 0.6) is 0 Å². The van der Waals surface area contributed by atoms with E-state index in [0.717, 1.165) is 11.8 Å². The minimum atomic E-state index is 0.343. The lowest BCUT2D eigenvalue weighted by Crippen LogP contribution is -2.31. The summed E-state index contributed by atoms with van der Waals surface area (Å²) in [6.07, 6.45) is 9.52. The molecule has 18 heavy (non-hydrogen) atoms. The topological polar surface area (TPSA) is 38.0 Å². The predicted molar refractivity (Wildman–Crippen MR) is 75.1 cm³/mol. The Kier molecular flexibility index (Phi) is 3.67. The third kappa shape index (κ3) is 2.45. The van der Waals surface area contributed by atoms with Crippen molar-refractivity contribution in [1.82, 2.24) is 5.43 Å². The van der Waals surface area contributed by atoms with E-state index < -0.39 is 0 Å². The van der Waals surface area contributed by atoms with E-state index in [1.54, 1.807) is 0 Å². The van der Waals surface area contributed by atoms with Gasteiger partial charge in [0, 0.05) is 6.04 Å². The first-order chi connectivity index (χ1) is 8.86. The van der Waals surface area contributed by atoms with E-state index in [2.05, 4.69) is 29.7 Å². The average molecular weight is 244 g/mol. The highest BCUT2D eigenvalue weighted by atomic mass is 15.2. The van der Waals surface area contributed by atoms with Crippen LogP contribution >= 0.6 is 0 Å². The Balaban J connectivity index is 1.71. The number of hydrogen-bond acceptors (Lipinski definition) is 2. The van der Waals surface area contributed by atoms with E-state index in [-0.39, 0.29) is 0 Å². The highest BCUT2D eigenvalue weighted by molar-refractivity contribution is 5.29.